The van der Waals surface area contributed by atoms with E-state index in [1.807, 2.05) is 12.1 Å². The lowest BCUT2D eigenvalue weighted by atomic mass is 10.1. The molecule has 1 aromatic heterocycles. The monoisotopic (exact) mass is 587 g/mol. The van der Waals surface area contributed by atoms with Crippen LogP contribution >= 0.6 is 0 Å². The molecule has 0 aliphatic rings. The maximum Gasteiger partial charge on any atom is 0.407 e. The number of alkyl carbamates (subject to hydrolysis) is 1. The van der Waals surface area contributed by atoms with Gasteiger partial charge in [-0.3, -0.25) is 14.4 Å². The van der Waals surface area contributed by atoms with Crippen LogP contribution in [0.4, 0.5) is 16.2 Å². The smallest absolute Gasteiger partial charge is 0.407 e. The van der Waals surface area contributed by atoms with Crippen LogP contribution < -0.4 is 30.9 Å². The third-order valence-corrected chi connectivity index (χ3v) is 6.23. The largest absolute Gasteiger partial charge is 0.493 e. The minimum atomic E-state index is -0.759. The second-order valence-corrected chi connectivity index (χ2v) is 10.5. The van der Waals surface area contributed by atoms with Gasteiger partial charge in [0, 0.05) is 18.3 Å². The van der Waals surface area contributed by atoms with Crippen molar-refractivity contribution in [3.05, 3.63) is 93.8 Å². The standard InChI is InChI=1S/C32H33N3O8/c1-32(2,3)43-31(39)33-15-14-19-10-12-20(13-11-19)34-29(37)22-16-26(40-4)27(41-5)17-24(22)35-30(38)23-18-42-25-9-7-6-8-21(25)28(23)36/h6-13,16-18H,14-15H2,1-5H3,(H,33,39)(H,34,37)(H,35,38). The highest BCUT2D eigenvalue weighted by atomic mass is 16.6. The fraction of sp³-hybridized carbons (Fsp3) is 0.250. The molecular weight excluding hydrogens is 554 g/mol. The minimum absolute atomic E-state index is 0.0711. The molecule has 0 spiro atoms. The van der Waals surface area contributed by atoms with E-state index in [1.54, 1.807) is 57.2 Å². The average molecular weight is 588 g/mol. The maximum absolute atomic E-state index is 13.4. The van der Waals surface area contributed by atoms with E-state index in [0.717, 1.165) is 11.8 Å². The molecule has 0 bridgehead atoms. The number of fused-ring (bicyclic) bond motifs is 1. The van der Waals surface area contributed by atoms with Gasteiger partial charge in [0.05, 0.1) is 30.9 Å². The van der Waals surface area contributed by atoms with Gasteiger partial charge in [0.1, 0.15) is 23.0 Å². The Morgan fingerprint density at radius 3 is 2.16 bits per heavy atom. The highest BCUT2D eigenvalue weighted by Gasteiger charge is 2.22. The summed E-state index contributed by atoms with van der Waals surface area (Å²) < 4.78 is 21.4. The topological polar surface area (TPSA) is 145 Å². The molecule has 3 N–H and O–H groups in total. The number of para-hydroxylation sites is 1. The summed E-state index contributed by atoms with van der Waals surface area (Å²) in [4.78, 5) is 51.4. The molecule has 0 aliphatic heterocycles. The quantitative estimate of drug-likeness (QED) is 0.237. The lowest BCUT2D eigenvalue weighted by Crippen LogP contribution is -2.33. The van der Waals surface area contributed by atoms with E-state index < -0.39 is 28.9 Å². The van der Waals surface area contributed by atoms with Gasteiger partial charge in [-0.1, -0.05) is 24.3 Å². The second kappa shape index (κ2) is 13.1. The first-order valence-electron chi connectivity index (χ1n) is 13.4. The zero-order valence-corrected chi connectivity index (χ0v) is 24.5. The van der Waals surface area contributed by atoms with E-state index in [9.17, 15) is 19.2 Å². The molecule has 3 aromatic carbocycles. The van der Waals surface area contributed by atoms with Crippen molar-refractivity contribution in [1.82, 2.24) is 5.32 Å². The zero-order chi connectivity index (χ0) is 31.1. The SMILES string of the molecule is COc1cc(NC(=O)c2coc3ccccc3c2=O)c(C(=O)Nc2ccc(CCNC(=O)OC(C)(C)C)cc2)cc1OC. The number of hydrogen-bond donors (Lipinski definition) is 3. The number of methoxy groups -OCH3 is 2. The van der Waals surface area contributed by atoms with Gasteiger partial charge in [-0.15, -0.1) is 0 Å². The van der Waals surface area contributed by atoms with Gasteiger partial charge in [0.25, 0.3) is 11.8 Å². The number of amides is 3. The molecule has 224 valence electrons. The number of benzene rings is 3. The Hall–Kier alpha value is -5.32. The summed E-state index contributed by atoms with van der Waals surface area (Å²) in [6.07, 6.45) is 1.16. The Morgan fingerprint density at radius 2 is 1.49 bits per heavy atom. The summed E-state index contributed by atoms with van der Waals surface area (Å²) in [6.45, 7) is 5.76. The summed E-state index contributed by atoms with van der Waals surface area (Å²) in [5.41, 5.74) is 0.633. The Bertz CT molecular complexity index is 1710. The van der Waals surface area contributed by atoms with Crippen molar-refractivity contribution in [2.75, 3.05) is 31.4 Å². The third-order valence-electron chi connectivity index (χ3n) is 6.23. The first kappa shape index (κ1) is 30.6. The molecule has 4 aromatic rings. The number of carbonyl (C=O) groups is 3. The van der Waals surface area contributed by atoms with Gasteiger partial charge in [-0.05, 0) is 63.1 Å². The van der Waals surface area contributed by atoms with Crippen molar-refractivity contribution < 1.29 is 33.0 Å². The van der Waals surface area contributed by atoms with Crippen molar-refractivity contribution in [3.63, 3.8) is 0 Å². The number of nitrogens with one attached hydrogen (secondary N) is 3. The van der Waals surface area contributed by atoms with Crippen molar-refractivity contribution in [2.45, 2.75) is 32.8 Å². The molecule has 0 atom stereocenters. The zero-order valence-electron chi connectivity index (χ0n) is 24.5. The van der Waals surface area contributed by atoms with E-state index in [-0.39, 0.29) is 33.7 Å². The summed E-state index contributed by atoms with van der Waals surface area (Å²) in [6, 6.07) is 16.5. The number of carbonyl (C=O) groups excluding carboxylic acids is 3. The third kappa shape index (κ3) is 7.70. The second-order valence-electron chi connectivity index (χ2n) is 10.5. The molecule has 0 fully saturated rings. The van der Waals surface area contributed by atoms with Gasteiger partial charge >= 0.3 is 6.09 Å². The van der Waals surface area contributed by atoms with E-state index in [2.05, 4.69) is 16.0 Å². The molecule has 43 heavy (non-hydrogen) atoms. The first-order valence-corrected chi connectivity index (χ1v) is 13.4. The summed E-state index contributed by atoms with van der Waals surface area (Å²) in [5, 5.41) is 8.41. The van der Waals surface area contributed by atoms with Crippen LogP contribution in [0, 0.1) is 0 Å². The number of ether oxygens (including phenoxy) is 3. The van der Waals surface area contributed by atoms with Crippen LogP contribution in [-0.4, -0.2) is 44.3 Å². The van der Waals surface area contributed by atoms with Crippen LogP contribution in [0.5, 0.6) is 11.5 Å². The normalized spacial score (nSPS) is 11.0. The molecule has 11 nitrogen and oxygen atoms in total. The molecule has 0 aliphatic carbocycles. The minimum Gasteiger partial charge on any atom is -0.493 e. The van der Waals surface area contributed by atoms with Gasteiger partial charge in [-0.25, -0.2) is 4.79 Å². The van der Waals surface area contributed by atoms with Crippen LogP contribution in [0.15, 0.2) is 76.1 Å². The molecule has 0 saturated heterocycles. The molecule has 0 saturated carbocycles. The molecule has 11 heteroatoms. The van der Waals surface area contributed by atoms with E-state index in [4.69, 9.17) is 18.6 Å². The number of rotatable bonds is 9. The molecule has 0 unspecified atom stereocenters. The Labute approximate surface area is 248 Å². The summed E-state index contributed by atoms with van der Waals surface area (Å²) in [7, 11) is 2.85. The molecule has 3 amide bonds. The average Bonchev–Trinajstić information content (AvgIpc) is 2.97. The van der Waals surface area contributed by atoms with Crippen LogP contribution in [-0.2, 0) is 11.2 Å². The fourth-order valence-corrected chi connectivity index (χ4v) is 4.17. The van der Waals surface area contributed by atoms with E-state index in [1.165, 1.54) is 26.4 Å². The van der Waals surface area contributed by atoms with Crippen molar-refractivity contribution in [2.24, 2.45) is 0 Å². The maximum atomic E-state index is 13.4. The Morgan fingerprint density at radius 1 is 0.837 bits per heavy atom. The lowest BCUT2D eigenvalue weighted by Gasteiger charge is -2.19. The number of anilines is 2. The van der Waals surface area contributed by atoms with Crippen LogP contribution in [0.1, 0.15) is 47.1 Å². The molecular formula is C32H33N3O8. The van der Waals surface area contributed by atoms with E-state index in [0.29, 0.717) is 24.2 Å². The summed E-state index contributed by atoms with van der Waals surface area (Å²) in [5.74, 6) is -0.765. The van der Waals surface area contributed by atoms with Gasteiger partial charge in [0.15, 0.2) is 11.5 Å². The van der Waals surface area contributed by atoms with Gasteiger partial charge in [-0.2, -0.15) is 0 Å². The Kier molecular flexibility index (Phi) is 9.34. The van der Waals surface area contributed by atoms with Gasteiger partial charge in [0.2, 0.25) is 5.43 Å². The Balaban J connectivity index is 1.51. The van der Waals surface area contributed by atoms with Crippen LogP contribution in [0.25, 0.3) is 11.0 Å². The highest BCUT2D eigenvalue weighted by Crippen LogP contribution is 2.34. The van der Waals surface area contributed by atoms with Crippen molar-refractivity contribution in [3.8, 4) is 11.5 Å². The highest BCUT2D eigenvalue weighted by molar-refractivity contribution is 6.13. The summed E-state index contributed by atoms with van der Waals surface area (Å²) >= 11 is 0. The van der Waals surface area contributed by atoms with Crippen LogP contribution in [0.3, 0.4) is 0 Å². The molecule has 4 rings (SSSR count). The van der Waals surface area contributed by atoms with Gasteiger partial charge < -0.3 is 34.6 Å². The predicted octanol–water partition coefficient (Wildman–Crippen LogP) is 5.38. The molecule has 0 radical (unpaired) electrons. The van der Waals surface area contributed by atoms with Crippen LogP contribution in [0.2, 0.25) is 0 Å². The molecule has 1 heterocycles. The lowest BCUT2D eigenvalue weighted by molar-refractivity contribution is 0.0528. The fourth-order valence-electron chi connectivity index (χ4n) is 4.17. The van der Waals surface area contributed by atoms with Crippen molar-refractivity contribution >= 4 is 40.3 Å². The predicted molar refractivity (Wildman–Crippen MR) is 162 cm³/mol. The number of hydrogen-bond acceptors (Lipinski definition) is 8. The van der Waals surface area contributed by atoms with E-state index >= 15 is 0 Å². The van der Waals surface area contributed by atoms with Crippen molar-refractivity contribution in [1.29, 1.82) is 0 Å². The first-order chi connectivity index (χ1) is 20.5.